The Labute approximate surface area is 139 Å². The molecule has 0 aromatic carbocycles. The van der Waals surface area contributed by atoms with Crippen LogP contribution in [-0.2, 0) is 17.9 Å². The zero-order valence-electron chi connectivity index (χ0n) is 13.4. The van der Waals surface area contributed by atoms with Crippen molar-refractivity contribution < 1.29 is 14.0 Å². The van der Waals surface area contributed by atoms with Crippen molar-refractivity contribution in [1.82, 2.24) is 19.4 Å². The van der Waals surface area contributed by atoms with Gasteiger partial charge in [0.15, 0.2) is 5.76 Å². The van der Waals surface area contributed by atoms with E-state index in [0.29, 0.717) is 31.8 Å². The molecule has 2 aliphatic heterocycles. The molecular formula is C17H20N4O3. The van der Waals surface area contributed by atoms with Crippen molar-refractivity contribution in [2.75, 3.05) is 19.6 Å². The maximum absolute atomic E-state index is 12.7. The Balaban J connectivity index is 1.56. The number of carbonyl (C=O) groups excluding carboxylic acids is 2. The second kappa shape index (κ2) is 6.14. The third-order valence-corrected chi connectivity index (χ3v) is 4.74. The van der Waals surface area contributed by atoms with E-state index in [1.807, 2.05) is 11.1 Å². The number of amides is 2. The minimum atomic E-state index is -0.130. The van der Waals surface area contributed by atoms with Crippen LogP contribution in [0.25, 0.3) is 0 Å². The van der Waals surface area contributed by atoms with Crippen LogP contribution in [0.3, 0.4) is 0 Å². The molecule has 0 saturated carbocycles. The van der Waals surface area contributed by atoms with Gasteiger partial charge in [0.1, 0.15) is 5.82 Å². The van der Waals surface area contributed by atoms with Crippen LogP contribution in [0.2, 0.25) is 0 Å². The highest BCUT2D eigenvalue weighted by molar-refractivity contribution is 5.91. The molecule has 1 unspecified atom stereocenters. The molecule has 0 radical (unpaired) electrons. The molecule has 7 nitrogen and oxygen atoms in total. The lowest BCUT2D eigenvalue weighted by Crippen LogP contribution is -2.39. The molecule has 2 aromatic rings. The number of fused-ring (bicyclic) bond motifs is 1. The second-order valence-corrected chi connectivity index (χ2v) is 6.47. The zero-order chi connectivity index (χ0) is 16.5. The highest BCUT2D eigenvalue weighted by atomic mass is 16.3. The van der Waals surface area contributed by atoms with Crippen LogP contribution in [0.4, 0.5) is 0 Å². The maximum atomic E-state index is 12.7. The average molecular weight is 328 g/mol. The summed E-state index contributed by atoms with van der Waals surface area (Å²) in [6, 6.07) is 3.39. The highest BCUT2D eigenvalue weighted by Crippen LogP contribution is 2.21. The van der Waals surface area contributed by atoms with E-state index >= 15 is 0 Å². The fourth-order valence-electron chi connectivity index (χ4n) is 3.58. The van der Waals surface area contributed by atoms with Crippen molar-refractivity contribution >= 4 is 11.8 Å². The zero-order valence-corrected chi connectivity index (χ0v) is 13.4. The number of hydrogen-bond donors (Lipinski definition) is 0. The molecule has 1 atom stereocenters. The van der Waals surface area contributed by atoms with Crippen LogP contribution >= 0.6 is 0 Å². The minimum absolute atomic E-state index is 0.130. The topological polar surface area (TPSA) is 71.6 Å². The van der Waals surface area contributed by atoms with Gasteiger partial charge >= 0.3 is 0 Å². The van der Waals surface area contributed by atoms with Gasteiger partial charge in [-0.3, -0.25) is 9.59 Å². The molecule has 2 amide bonds. The van der Waals surface area contributed by atoms with Gasteiger partial charge in [-0.05, 0) is 18.6 Å². The predicted octanol–water partition coefficient (Wildman–Crippen LogP) is 1.37. The Morgan fingerprint density at radius 3 is 3.04 bits per heavy atom. The van der Waals surface area contributed by atoms with Gasteiger partial charge in [0, 0.05) is 50.9 Å². The number of imidazole rings is 1. The first-order chi connectivity index (χ1) is 11.7. The van der Waals surface area contributed by atoms with Crippen LogP contribution in [-0.4, -0.2) is 50.8 Å². The third kappa shape index (κ3) is 2.81. The van der Waals surface area contributed by atoms with Crippen molar-refractivity contribution in [3.63, 3.8) is 0 Å². The summed E-state index contributed by atoms with van der Waals surface area (Å²) in [5, 5.41) is 0. The summed E-state index contributed by atoms with van der Waals surface area (Å²) in [6.45, 7) is 3.31. The fourth-order valence-corrected chi connectivity index (χ4v) is 3.58. The maximum Gasteiger partial charge on any atom is 0.289 e. The summed E-state index contributed by atoms with van der Waals surface area (Å²) in [5.74, 6) is 1.47. The molecule has 4 heterocycles. The van der Waals surface area contributed by atoms with Crippen molar-refractivity contribution in [2.45, 2.75) is 25.9 Å². The van der Waals surface area contributed by atoms with Crippen molar-refractivity contribution in [1.29, 1.82) is 0 Å². The lowest BCUT2D eigenvalue weighted by Gasteiger charge is -2.26. The van der Waals surface area contributed by atoms with Gasteiger partial charge in [0.05, 0.1) is 12.8 Å². The first-order valence-electron chi connectivity index (χ1n) is 8.31. The monoisotopic (exact) mass is 328 g/mol. The fraction of sp³-hybridized carbons (Fsp3) is 0.471. The summed E-state index contributed by atoms with van der Waals surface area (Å²) in [4.78, 5) is 32.7. The van der Waals surface area contributed by atoms with Crippen LogP contribution in [0, 0.1) is 5.92 Å². The van der Waals surface area contributed by atoms with Crippen LogP contribution < -0.4 is 0 Å². The van der Waals surface area contributed by atoms with E-state index in [1.54, 1.807) is 23.2 Å². The van der Waals surface area contributed by atoms with Crippen LogP contribution in [0.15, 0.2) is 35.2 Å². The number of hydrogen-bond acceptors (Lipinski definition) is 4. The van der Waals surface area contributed by atoms with E-state index in [0.717, 1.165) is 25.3 Å². The molecule has 0 bridgehead atoms. The molecule has 0 spiro atoms. The van der Waals surface area contributed by atoms with Gasteiger partial charge in [0.2, 0.25) is 5.91 Å². The number of rotatable bonds is 3. The SMILES string of the molecule is O=C1CCCN1CC1CN(C(=O)c2ccco2)Cc2nccn2C1. The Morgan fingerprint density at radius 2 is 2.29 bits per heavy atom. The molecular weight excluding hydrogens is 308 g/mol. The Kier molecular flexibility index (Phi) is 3.84. The van der Waals surface area contributed by atoms with Gasteiger partial charge in [-0.2, -0.15) is 0 Å². The van der Waals surface area contributed by atoms with E-state index < -0.39 is 0 Å². The van der Waals surface area contributed by atoms with Crippen LogP contribution in [0.1, 0.15) is 29.2 Å². The molecule has 0 N–H and O–H groups in total. The molecule has 1 saturated heterocycles. The molecule has 126 valence electrons. The number of nitrogens with zero attached hydrogens (tertiary/aromatic N) is 4. The summed E-state index contributed by atoms with van der Waals surface area (Å²) >= 11 is 0. The van der Waals surface area contributed by atoms with Crippen molar-refractivity contribution in [2.24, 2.45) is 5.92 Å². The molecule has 2 aliphatic rings. The summed E-state index contributed by atoms with van der Waals surface area (Å²) in [6.07, 6.45) is 6.77. The highest BCUT2D eigenvalue weighted by Gasteiger charge is 2.30. The minimum Gasteiger partial charge on any atom is -0.459 e. The van der Waals surface area contributed by atoms with E-state index in [2.05, 4.69) is 9.55 Å². The van der Waals surface area contributed by atoms with E-state index in [-0.39, 0.29) is 17.7 Å². The lowest BCUT2D eigenvalue weighted by molar-refractivity contribution is -0.128. The molecule has 0 aliphatic carbocycles. The largest absolute Gasteiger partial charge is 0.459 e. The van der Waals surface area contributed by atoms with Gasteiger partial charge in [-0.25, -0.2) is 4.98 Å². The Morgan fingerprint density at radius 1 is 1.38 bits per heavy atom. The van der Waals surface area contributed by atoms with Gasteiger partial charge in [-0.1, -0.05) is 0 Å². The number of furan rings is 1. The molecule has 24 heavy (non-hydrogen) atoms. The summed E-state index contributed by atoms with van der Waals surface area (Å²) in [7, 11) is 0. The molecule has 4 rings (SSSR count). The first kappa shape index (κ1) is 15.0. The third-order valence-electron chi connectivity index (χ3n) is 4.74. The van der Waals surface area contributed by atoms with Gasteiger partial charge < -0.3 is 18.8 Å². The number of aromatic nitrogens is 2. The first-order valence-corrected chi connectivity index (χ1v) is 8.31. The van der Waals surface area contributed by atoms with E-state index in [1.165, 1.54) is 6.26 Å². The second-order valence-electron chi connectivity index (χ2n) is 6.47. The normalized spacial score (nSPS) is 21.0. The average Bonchev–Trinajstić information content (AvgIpc) is 3.29. The molecule has 7 heteroatoms. The molecule has 2 aromatic heterocycles. The number of carbonyl (C=O) groups is 2. The quantitative estimate of drug-likeness (QED) is 0.853. The molecule has 1 fully saturated rings. The Bertz CT molecular complexity index is 737. The number of likely N-dealkylation sites (tertiary alicyclic amines) is 1. The van der Waals surface area contributed by atoms with E-state index in [9.17, 15) is 9.59 Å². The standard InChI is InChI=1S/C17H20N4O3/c22-16-4-1-6-20(16)10-13-9-19-7-5-18-15(19)12-21(11-13)17(23)14-3-2-8-24-14/h2-3,5,7-8,13H,1,4,6,9-12H2. The lowest BCUT2D eigenvalue weighted by atomic mass is 10.1. The predicted molar refractivity (Wildman–Crippen MR) is 85.0 cm³/mol. The van der Waals surface area contributed by atoms with Crippen molar-refractivity contribution in [3.8, 4) is 0 Å². The smallest absolute Gasteiger partial charge is 0.289 e. The van der Waals surface area contributed by atoms with Crippen molar-refractivity contribution in [3.05, 3.63) is 42.4 Å². The van der Waals surface area contributed by atoms with Crippen LogP contribution in [0.5, 0.6) is 0 Å². The Hall–Kier alpha value is -2.57. The van der Waals surface area contributed by atoms with Gasteiger partial charge in [0.25, 0.3) is 5.91 Å². The van der Waals surface area contributed by atoms with Gasteiger partial charge in [-0.15, -0.1) is 0 Å². The summed E-state index contributed by atoms with van der Waals surface area (Å²) < 4.78 is 7.35. The van der Waals surface area contributed by atoms with E-state index in [4.69, 9.17) is 4.42 Å². The summed E-state index contributed by atoms with van der Waals surface area (Å²) in [5.41, 5.74) is 0.